The Bertz CT molecular complexity index is 694. The molecule has 0 amide bonds. The lowest BCUT2D eigenvalue weighted by atomic mass is 9.88. The van der Waals surface area contributed by atoms with Crippen LogP contribution in [0.25, 0.3) is 0 Å². The van der Waals surface area contributed by atoms with E-state index >= 15 is 0 Å². The van der Waals surface area contributed by atoms with Gasteiger partial charge in [-0.2, -0.15) is 0 Å². The molecular weight excluding hydrogens is 310 g/mol. The number of rotatable bonds is 5. The summed E-state index contributed by atoms with van der Waals surface area (Å²) in [7, 11) is 1.49. The van der Waals surface area contributed by atoms with Crippen molar-refractivity contribution in [2.45, 2.75) is 32.2 Å². The van der Waals surface area contributed by atoms with Crippen molar-refractivity contribution in [2.24, 2.45) is 5.92 Å². The first-order valence-corrected chi connectivity index (χ1v) is 9.02. The summed E-state index contributed by atoms with van der Waals surface area (Å²) in [6.07, 6.45) is 0. The van der Waals surface area contributed by atoms with Crippen LogP contribution in [0, 0.1) is 5.92 Å². The molecule has 0 radical (unpaired) electrons. The van der Waals surface area contributed by atoms with Gasteiger partial charge in [0.05, 0.1) is 13.0 Å². The zero-order valence-electron chi connectivity index (χ0n) is 15.3. The Hall–Kier alpha value is -2.13. The van der Waals surface area contributed by atoms with Crippen LogP contribution in [0.3, 0.4) is 0 Å². The number of carbonyl (C=O) groups is 1. The SMILES string of the molecule is COC(=O)C1CN(Cc2ccccc2)CC1c1ccc(C(C)C)cc1. The van der Waals surface area contributed by atoms with Gasteiger partial charge in [-0.1, -0.05) is 68.4 Å². The average molecular weight is 337 g/mol. The molecule has 0 bridgehead atoms. The molecule has 0 N–H and O–H groups in total. The number of carbonyl (C=O) groups excluding carboxylic acids is 1. The maximum absolute atomic E-state index is 12.3. The molecule has 0 aromatic heterocycles. The lowest BCUT2D eigenvalue weighted by Gasteiger charge is -2.18. The normalized spacial score (nSPS) is 20.8. The number of ether oxygens (including phenoxy) is 1. The van der Waals surface area contributed by atoms with Crippen molar-refractivity contribution in [1.29, 1.82) is 0 Å². The molecule has 2 unspecified atom stereocenters. The second kappa shape index (κ2) is 7.83. The number of methoxy groups -OCH3 is 1. The molecule has 2 atom stereocenters. The topological polar surface area (TPSA) is 29.5 Å². The van der Waals surface area contributed by atoms with E-state index in [1.165, 1.54) is 23.8 Å². The Kier molecular flexibility index (Phi) is 5.54. The van der Waals surface area contributed by atoms with Crippen molar-refractivity contribution in [3.63, 3.8) is 0 Å². The number of nitrogens with zero attached hydrogens (tertiary/aromatic N) is 1. The van der Waals surface area contributed by atoms with Crippen LogP contribution in [0.15, 0.2) is 54.6 Å². The first kappa shape index (κ1) is 17.7. The van der Waals surface area contributed by atoms with Crippen LogP contribution in [-0.2, 0) is 16.1 Å². The van der Waals surface area contributed by atoms with E-state index in [1.807, 2.05) is 6.07 Å². The van der Waals surface area contributed by atoms with Crippen molar-refractivity contribution >= 4 is 5.97 Å². The van der Waals surface area contributed by atoms with Crippen LogP contribution >= 0.6 is 0 Å². The molecule has 2 aromatic carbocycles. The summed E-state index contributed by atoms with van der Waals surface area (Å²) in [5.74, 6) is 0.507. The minimum Gasteiger partial charge on any atom is -0.469 e. The maximum atomic E-state index is 12.3. The van der Waals surface area contributed by atoms with E-state index in [9.17, 15) is 4.79 Å². The van der Waals surface area contributed by atoms with Crippen LogP contribution in [0.4, 0.5) is 0 Å². The molecule has 1 heterocycles. The van der Waals surface area contributed by atoms with E-state index in [2.05, 4.69) is 67.3 Å². The molecule has 1 aliphatic heterocycles. The highest BCUT2D eigenvalue weighted by Gasteiger charge is 2.39. The van der Waals surface area contributed by atoms with E-state index in [-0.39, 0.29) is 17.8 Å². The van der Waals surface area contributed by atoms with Gasteiger partial charge in [0.1, 0.15) is 0 Å². The number of likely N-dealkylation sites (tertiary alicyclic amines) is 1. The molecule has 0 aliphatic carbocycles. The van der Waals surface area contributed by atoms with Gasteiger partial charge in [0.15, 0.2) is 0 Å². The number of esters is 1. The van der Waals surface area contributed by atoms with E-state index < -0.39 is 0 Å². The Morgan fingerprint density at radius 3 is 2.36 bits per heavy atom. The molecular formula is C22H27NO2. The zero-order chi connectivity index (χ0) is 17.8. The maximum Gasteiger partial charge on any atom is 0.310 e. The summed E-state index contributed by atoms with van der Waals surface area (Å²) < 4.78 is 5.08. The first-order chi connectivity index (χ1) is 12.1. The smallest absolute Gasteiger partial charge is 0.310 e. The molecule has 3 rings (SSSR count). The Morgan fingerprint density at radius 1 is 1.08 bits per heavy atom. The van der Waals surface area contributed by atoms with Gasteiger partial charge >= 0.3 is 5.97 Å². The standard InChI is InChI=1S/C22H27NO2/c1-16(2)18-9-11-19(12-10-18)20-14-23(15-21(20)22(24)25-3)13-17-7-5-4-6-8-17/h4-12,16,20-21H,13-15H2,1-3H3. The molecule has 1 aliphatic rings. The molecule has 0 saturated carbocycles. The third kappa shape index (κ3) is 4.10. The van der Waals surface area contributed by atoms with Crippen LogP contribution in [0.2, 0.25) is 0 Å². The predicted octanol–water partition coefficient (Wildman–Crippen LogP) is 4.20. The summed E-state index contributed by atoms with van der Waals surface area (Å²) in [6, 6.07) is 19.2. The highest BCUT2D eigenvalue weighted by Crippen LogP contribution is 2.35. The van der Waals surface area contributed by atoms with Crippen LogP contribution < -0.4 is 0 Å². The van der Waals surface area contributed by atoms with Gasteiger partial charge in [-0.05, 0) is 22.6 Å². The second-order valence-corrected chi connectivity index (χ2v) is 7.24. The van der Waals surface area contributed by atoms with Gasteiger partial charge in [-0.25, -0.2) is 0 Å². The van der Waals surface area contributed by atoms with Crippen LogP contribution in [0.1, 0.15) is 42.4 Å². The third-order valence-electron chi connectivity index (χ3n) is 5.18. The Morgan fingerprint density at radius 2 is 1.76 bits per heavy atom. The molecule has 1 fully saturated rings. The van der Waals surface area contributed by atoms with Gasteiger partial charge in [0.2, 0.25) is 0 Å². The van der Waals surface area contributed by atoms with Gasteiger partial charge in [-0.15, -0.1) is 0 Å². The number of hydrogen-bond donors (Lipinski definition) is 0. The predicted molar refractivity (Wildman–Crippen MR) is 100 cm³/mol. The fourth-order valence-electron chi connectivity index (χ4n) is 3.71. The fraction of sp³-hybridized carbons (Fsp3) is 0.409. The monoisotopic (exact) mass is 337 g/mol. The summed E-state index contributed by atoms with van der Waals surface area (Å²) in [5.41, 5.74) is 3.84. The van der Waals surface area contributed by atoms with Crippen molar-refractivity contribution in [2.75, 3.05) is 20.2 Å². The lowest BCUT2D eigenvalue weighted by molar-refractivity contribution is -0.145. The minimum absolute atomic E-state index is 0.0985. The van der Waals surface area contributed by atoms with Crippen molar-refractivity contribution in [1.82, 2.24) is 4.90 Å². The molecule has 0 spiro atoms. The first-order valence-electron chi connectivity index (χ1n) is 9.02. The fourth-order valence-corrected chi connectivity index (χ4v) is 3.71. The minimum atomic E-state index is -0.103. The molecule has 3 nitrogen and oxygen atoms in total. The van der Waals surface area contributed by atoms with Crippen LogP contribution in [-0.4, -0.2) is 31.1 Å². The van der Waals surface area contributed by atoms with E-state index in [0.29, 0.717) is 5.92 Å². The Labute approximate surface area is 150 Å². The van der Waals surface area contributed by atoms with Crippen molar-refractivity contribution in [3.05, 3.63) is 71.3 Å². The van der Waals surface area contributed by atoms with Crippen LogP contribution in [0.5, 0.6) is 0 Å². The molecule has 3 heteroatoms. The number of benzene rings is 2. The quantitative estimate of drug-likeness (QED) is 0.766. The number of hydrogen-bond acceptors (Lipinski definition) is 3. The lowest BCUT2D eigenvalue weighted by Crippen LogP contribution is -2.24. The average Bonchev–Trinajstić information content (AvgIpc) is 3.05. The molecule has 132 valence electrons. The van der Waals surface area contributed by atoms with Gasteiger partial charge < -0.3 is 4.74 Å². The van der Waals surface area contributed by atoms with Gasteiger partial charge in [-0.3, -0.25) is 9.69 Å². The zero-order valence-corrected chi connectivity index (χ0v) is 15.3. The van der Waals surface area contributed by atoms with E-state index in [1.54, 1.807) is 0 Å². The van der Waals surface area contributed by atoms with Gasteiger partial charge in [0, 0.05) is 25.6 Å². The summed E-state index contributed by atoms with van der Waals surface area (Å²) in [6.45, 7) is 6.90. The molecule has 25 heavy (non-hydrogen) atoms. The highest BCUT2D eigenvalue weighted by atomic mass is 16.5. The highest BCUT2D eigenvalue weighted by molar-refractivity contribution is 5.74. The van der Waals surface area contributed by atoms with Crippen molar-refractivity contribution < 1.29 is 9.53 Å². The summed E-state index contributed by atoms with van der Waals surface area (Å²) >= 11 is 0. The largest absolute Gasteiger partial charge is 0.469 e. The van der Waals surface area contributed by atoms with E-state index in [0.717, 1.165) is 19.6 Å². The molecule has 1 saturated heterocycles. The molecule has 2 aromatic rings. The summed E-state index contributed by atoms with van der Waals surface area (Å²) in [5, 5.41) is 0. The third-order valence-corrected chi connectivity index (χ3v) is 5.18. The second-order valence-electron chi connectivity index (χ2n) is 7.24. The van der Waals surface area contributed by atoms with Gasteiger partial charge in [0.25, 0.3) is 0 Å². The Balaban J connectivity index is 1.79. The van der Waals surface area contributed by atoms with E-state index in [4.69, 9.17) is 4.74 Å². The summed E-state index contributed by atoms with van der Waals surface area (Å²) in [4.78, 5) is 14.7. The van der Waals surface area contributed by atoms with Crippen molar-refractivity contribution in [3.8, 4) is 0 Å².